The van der Waals surface area contributed by atoms with Gasteiger partial charge in [0.05, 0.1) is 13.7 Å². The second-order valence-electron chi connectivity index (χ2n) is 7.90. The van der Waals surface area contributed by atoms with Gasteiger partial charge in [0, 0.05) is 51.5 Å². The second-order valence-corrected chi connectivity index (χ2v) is 7.90. The quantitative estimate of drug-likeness (QED) is 0.818. The van der Waals surface area contributed by atoms with Crippen LogP contribution in [0.5, 0.6) is 11.5 Å². The Morgan fingerprint density at radius 2 is 1.93 bits per heavy atom. The van der Waals surface area contributed by atoms with Crippen molar-refractivity contribution in [2.45, 2.75) is 38.5 Å². The van der Waals surface area contributed by atoms with Gasteiger partial charge in [-0.05, 0) is 23.8 Å². The monoisotopic (exact) mass is 380 g/mol. The average molecular weight is 380 g/mol. The molecule has 1 amide bonds. The number of amides is 1. The van der Waals surface area contributed by atoms with Crippen molar-refractivity contribution >= 4 is 5.91 Å². The molecule has 2 aromatic carbocycles. The number of methoxy groups -OCH3 is 1. The summed E-state index contributed by atoms with van der Waals surface area (Å²) in [6.07, 6.45) is 1.82. The van der Waals surface area contributed by atoms with Crippen molar-refractivity contribution in [3.8, 4) is 11.5 Å². The lowest BCUT2D eigenvalue weighted by Gasteiger charge is -2.42. The fourth-order valence-corrected chi connectivity index (χ4v) is 4.24. The van der Waals surface area contributed by atoms with Crippen LogP contribution in [0.1, 0.15) is 30.9 Å². The predicted molar refractivity (Wildman–Crippen MR) is 108 cm³/mol. The van der Waals surface area contributed by atoms with Crippen molar-refractivity contribution in [2.75, 3.05) is 26.7 Å². The lowest BCUT2D eigenvalue weighted by molar-refractivity contribution is -0.132. The average Bonchev–Trinajstić information content (AvgIpc) is 2.87. The molecule has 4 rings (SSSR count). The number of hydrogen-bond donors (Lipinski definition) is 0. The van der Waals surface area contributed by atoms with E-state index in [2.05, 4.69) is 23.1 Å². The molecule has 2 aliphatic rings. The number of fused-ring (bicyclic) bond motifs is 1. The zero-order valence-corrected chi connectivity index (χ0v) is 16.7. The topological polar surface area (TPSA) is 42.0 Å². The third-order valence-electron chi connectivity index (χ3n) is 5.89. The Labute approximate surface area is 166 Å². The van der Waals surface area contributed by atoms with Crippen molar-refractivity contribution in [2.24, 2.45) is 0 Å². The molecule has 28 heavy (non-hydrogen) atoms. The van der Waals surface area contributed by atoms with Crippen LogP contribution >= 0.6 is 0 Å². The van der Waals surface area contributed by atoms with Gasteiger partial charge in [-0.2, -0.15) is 0 Å². The molecule has 0 atom stereocenters. The molecule has 0 aliphatic carbocycles. The number of carbonyl (C=O) groups excluding carboxylic acids is 1. The fourth-order valence-electron chi connectivity index (χ4n) is 4.24. The van der Waals surface area contributed by atoms with Gasteiger partial charge in [-0.15, -0.1) is 0 Å². The smallest absolute Gasteiger partial charge is 0.219 e. The Balaban J connectivity index is 1.48. The molecule has 5 heteroatoms. The van der Waals surface area contributed by atoms with Crippen LogP contribution in [0.2, 0.25) is 0 Å². The van der Waals surface area contributed by atoms with Gasteiger partial charge in [-0.25, -0.2) is 0 Å². The van der Waals surface area contributed by atoms with Crippen LogP contribution in [0.15, 0.2) is 48.5 Å². The number of carbonyl (C=O) groups is 1. The minimum absolute atomic E-state index is 0.110. The number of likely N-dealkylation sites (tertiary alicyclic amines) is 1. The minimum Gasteiger partial charge on any atom is -0.497 e. The molecule has 1 saturated heterocycles. The van der Waals surface area contributed by atoms with E-state index in [-0.39, 0.29) is 11.5 Å². The first-order valence-electron chi connectivity index (χ1n) is 9.95. The van der Waals surface area contributed by atoms with E-state index < -0.39 is 0 Å². The van der Waals surface area contributed by atoms with Gasteiger partial charge in [-0.3, -0.25) is 9.69 Å². The molecule has 0 unspecified atom stereocenters. The maximum absolute atomic E-state index is 12.2. The van der Waals surface area contributed by atoms with E-state index in [9.17, 15) is 4.79 Å². The number of ether oxygens (including phenoxy) is 2. The van der Waals surface area contributed by atoms with Crippen molar-refractivity contribution < 1.29 is 14.3 Å². The number of rotatable bonds is 3. The summed E-state index contributed by atoms with van der Waals surface area (Å²) in [5, 5.41) is 0. The van der Waals surface area contributed by atoms with E-state index in [1.807, 2.05) is 35.2 Å². The van der Waals surface area contributed by atoms with Crippen LogP contribution in [0.3, 0.4) is 0 Å². The van der Waals surface area contributed by atoms with Gasteiger partial charge in [-0.1, -0.05) is 30.3 Å². The lowest BCUT2D eigenvalue weighted by atomic mass is 9.90. The first kappa shape index (κ1) is 18.8. The molecule has 148 valence electrons. The molecule has 0 N–H and O–H groups in total. The van der Waals surface area contributed by atoms with E-state index in [0.717, 1.165) is 49.5 Å². The highest BCUT2D eigenvalue weighted by atomic mass is 16.5. The Hall–Kier alpha value is -2.53. The maximum Gasteiger partial charge on any atom is 0.219 e. The highest BCUT2D eigenvalue weighted by Gasteiger charge is 2.41. The van der Waals surface area contributed by atoms with Crippen molar-refractivity contribution in [3.63, 3.8) is 0 Å². The highest BCUT2D eigenvalue weighted by molar-refractivity contribution is 5.73. The summed E-state index contributed by atoms with van der Waals surface area (Å²) in [6.45, 7) is 5.74. The molecule has 0 saturated carbocycles. The largest absolute Gasteiger partial charge is 0.497 e. The SMILES string of the molecule is COc1cccc(CN2CCC3(CC2)CN(C(C)=O)Cc2ccccc2O3)c1. The zero-order valence-electron chi connectivity index (χ0n) is 16.7. The number of benzene rings is 2. The summed E-state index contributed by atoms with van der Waals surface area (Å²) in [4.78, 5) is 16.6. The van der Waals surface area contributed by atoms with E-state index in [1.165, 1.54) is 5.56 Å². The minimum atomic E-state index is -0.302. The van der Waals surface area contributed by atoms with Gasteiger partial charge in [0.1, 0.15) is 17.1 Å². The summed E-state index contributed by atoms with van der Waals surface area (Å²) < 4.78 is 11.9. The van der Waals surface area contributed by atoms with E-state index >= 15 is 0 Å². The van der Waals surface area contributed by atoms with Crippen LogP contribution < -0.4 is 9.47 Å². The number of para-hydroxylation sites is 1. The number of nitrogens with zero attached hydrogens (tertiary/aromatic N) is 2. The molecule has 2 heterocycles. The third kappa shape index (κ3) is 3.99. The number of hydrogen-bond acceptors (Lipinski definition) is 4. The standard InChI is InChI=1S/C23H28N2O3/c1-18(26)25-16-20-7-3-4-9-22(20)28-23(17-25)10-12-24(13-11-23)15-19-6-5-8-21(14-19)27-2/h3-9,14H,10-13,15-17H2,1-2H3. The summed E-state index contributed by atoms with van der Waals surface area (Å²) in [5.74, 6) is 1.93. The summed E-state index contributed by atoms with van der Waals surface area (Å²) in [7, 11) is 1.70. The van der Waals surface area contributed by atoms with Gasteiger partial charge < -0.3 is 14.4 Å². The molecule has 5 nitrogen and oxygen atoms in total. The molecule has 2 aromatic rings. The van der Waals surface area contributed by atoms with E-state index in [1.54, 1.807) is 14.0 Å². The molecule has 0 bridgehead atoms. The van der Waals surface area contributed by atoms with Gasteiger partial charge in [0.2, 0.25) is 5.91 Å². The van der Waals surface area contributed by atoms with Crippen LogP contribution in [-0.2, 0) is 17.9 Å². The first-order chi connectivity index (χ1) is 13.6. The Morgan fingerprint density at radius 3 is 2.68 bits per heavy atom. The third-order valence-corrected chi connectivity index (χ3v) is 5.89. The van der Waals surface area contributed by atoms with Gasteiger partial charge in [0.25, 0.3) is 0 Å². The summed E-state index contributed by atoms with van der Waals surface area (Å²) >= 11 is 0. The van der Waals surface area contributed by atoms with Crippen LogP contribution in [0.25, 0.3) is 0 Å². The fraction of sp³-hybridized carbons (Fsp3) is 0.435. The Morgan fingerprint density at radius 1 is 1.14 bits per heavy atom. The van der Waals surface area contributed by atoms with Crippen molar-refractivity contribution in [1.82, 2.24) is 9.80 Å². The molecule has 1 fully saturated rings. The zero-order chi connectivity index (χ0) is 19.6. The molecule has 1 spiro atoms. The molecule has 0 aromatic heterocycles. The maximum atomic E-state index is 12.2. The summed E-state index contributed by atoms with van der Waals surface area (Å²) in [6, 6.07) is 16.4. The predicted octanol–water partition coefficient (Wildman–Crippen LogP) is 3.47. The first-order valence-corrected chi connectivity index (χ1v) is 9.95. The molecular formula is C23H28N2O3. The van der Waals surface area contributed by atoms with Crippen LogP contribution in [-0.4, -0.2) is 48.1 Å². The van der Waals surface area contributed by atoms with Crippen molar-refractivity contribution in [1.29, 1.82) is 0 Å². The van der Waals surface area contributed by atoms with Crippen molar-refractivity contribution in [3.05, 3.63) is 59.7 Å². The van der Waals surface area contributed by atoms with E-state index in [0.29, 0.717) is 13.1 Å². The van der Waals surface area contributed by atoms with E-state index in [4.69, 9.17) is 9.47 Å². The Bertz CT molecular complexity index is 843. The second kappa shape index (κ2) is 7.84. The normalized spacial score (nSPS) is 18.9. The Kier molecular flexibility index (Phi) is 5.27. The highest BCUT2D eigenvalue weighted by Crippen LogP contribution is 2.36. The van der Waals surface area contributed by atoms with Crippen LogP contribution in [0, 0.1) is 0 Å². The number of piperidine rings is 1. The lowest BCUT2D eigenvalue weighted by Crippen LogP contribution is -2.53. The van der Waals surface area contributed by atoms with Gasteiger partial charge in [0.15, 0.2) is 0 Å². The molecular weight excluding hydrogens is 352 g/mol. The molecule has 0 radical (unpaired) electrons. The summed E-state index contributed by atoms with van der Waals surface area (Å²) in [5.41, 5.74) is 2.05. The van der Waals surface area contributed by atoms with Gasteiger partial charge >= 0.3 is 0 Å². The van der Waals surface area contributed by atoms with Crippen LogP contribution in [0.4, 0.5) is 0 Å². The molecule has 2 aliphatic heterocycles.